The summed E-state index contributed by atoms with van der Waals surface area (Å²) in [5, 5.41) is 0. The van der Waals surface area contributed by atoms with Gasteiger partial charge in [-0.15, -0.1) is 0 Å². The van der Waals surface area contributed by atoms with Crippen molar-refractivity contribution in [2.45, 2.75) is 43.9 Å². The first-order valence-corrected chi connectivity index (χ1v) is 12.9. The minimum absolute atomic E-state index is 0.0540. The second-order valence-electron chi connectivity index (χ2n) is 8.50. The number of carbonyl (C=O) groups is 2. The Balaban J connectivity index is 1.44. The highest BCUT2D eigenvalue weighted by Gasteiger charge is 2.30. The summed E-state index contributed by atoms with van der Waals surface area (Å²) in [5.74, 6) is -0.0540. The molecule has 0 spiro atoms. The third kappa shape index (κ3) is 4.68. The van der Waals surface area contributed by atoms with E-state index in [9.17, 15) is 18.0 Å². The minimum atomic E-state index is -3.52. The van der Waals surface area contributed by atoms with Crippen LogP contribution >= 0.6 is 0 Å². The fourth-order valence-electron chi connectivity index (χ4n) is 4.55. The van der Waals surface area contributed by atoms with Gasteiger partial charge in [0.05, 0.1) is 11.5 Å². The largest absolute Gasteiger partial charge is 0.450 e. The van der Waals surface area contributed by atoms with Crippen LogP contribution in [0.1, 0.15) is 43.7 Å². The van der Waals surface area contributed by atoms with Gasteiger partial charge >= 0.3 is 6.09 Å². The van der Waals surface area contributed by atoms with Gasteiger partial charge in [-0.1, -0.05) is 18.9 Å². The summed E-state index contributed by atoms with van der Waals surface area (Å²) in [6, 6.07) is 5.20. The fourth-order valence-corrected chi connectivity index (χ4v) is 6.10. The zero-order valence-corrected chi connectivity index (χ0v) is 19.4. The zero-order chi connectivity index (χ0) is 22.7. The van der Waals surface area contributed by atoms with Crippen molar-refractivity contribution in [3.8, 4) is 0 Å². The van der Waals surface area contributed by atoms with Crippen molar-refractivity contribution in [3.63, 3.8) is 0 Å². The summed E-state index contributed by atoms with van der Waals surface area (Å²) in [4.78, 5) is 28.6. The van der Waals surface area contributed by atoms with Gasteiger partial charge in [-0.25, -0.2) is 13.2 Å². The number of carbonyl (C=O) groups excluding carboxylic acids is 2. The smallest absolute Gasteiger partial charge is 0.409 e. The summed E-state index contributed by atoms with van der Waals surface area (Å²) in [5.41, 5.74) is 2.43. The molecule has 2 amide bonds. The second kappa shape index (κ2) is 9.62. The third-order valence-electron chi connectivity index (χ3n) is 6.40. The Bertz CT molecular complexity index is 1000. The van der Waals surface area contributed by atoms with E-state index in [1.807, 2.05) is 12.1 Å². The molecule has 2 heterocycles. The Morgan fingerprint density at radius 2 is 1.59 bits per heavy atom. The van der Waals surface area contributed by atoms with Crippen molar-refractivity contribution >= 4 is 28.1 Å². The van der Waals surface area contributed by atoms with E-state index < -0.39 is 10.0 Å². The molecule has 0 atom stereocenters. The van der Waals surface area contributed by atoms with E-state index in [0.717, 1.165) is 36.8 Å². The van der Waals surface area contributed by atoms with Crippen LogP contribution in [0.25, 0.3) is 6.08 Å². The summed E-state index contributed by atoms with van der Waals surface area (Å²) >= 11 is 0. The number of amides is 2. The number of rotatable bonds is 4. The van der Waals surface area contributed by atoms with E-state index in [1.165, 1.54) is 0 Å². The van der Waals surface area contributed by atoms with Crippen LogP contribution in [0.4, 0.5) is 4.79 Å². The van der Waals surface area contributed by atoms with Crippen molar-refractivity contribution in [3.05, 3.63) is 34.9 Å². The van der Waals surface area contributed by atoms with Crippen LogP contribution in [0.15, 0.2) is 28.7 Å². The maximum absolute atomic E-state index is 13.1. The number of fused-ring (bicyclic) bond motifs is 1. The zero-order valence-electron chi connectivity index (χ0n) is 18.6. The van der Waals surface area contributed by atoms with Crippen LogP contribution in [0, 0.1) is 0 Å². The van der Waals surface area contributed by atoms with Crippen LogP contribution in [0.3, 0.4) is 0 Å². The first-order valence-electron chi connectivity index (χ1n) is 11.4. The predicted molar refractivity (Wildman–Crippen MR) is 121 cm³/mol. The second-order valence-corrected chi connectivity index (χ2v) is 10.4. The SMILES string of the molecule is CCOC(=O)N1CCN(C(=O)C2=Cc3cc(S(=O)(=O)N4CCCCCC4)ccc3C2)CC1. The van der Waals surface area contributed by atoms with Crippen LogP contribution < -0.4 is 0 Å². The Morgan fingerprint density at radius 3 is 2.25 bits per heavy atom. The Hall–Kier alpha value is -2.39. The number of piperazine rings is 1. The van der Waals surface area contributed by atoms with Gasteiger partial charge in [-0.05, 0) is 49.1 Å². The lowest BCUT2D eigenvalue weighted by molar-refractivity contribution is -0.128. The topological polar surface area (TPSA) is 87.2 Å². The van der Waals surface area contributed by atoms with Crippen LogP contribution in [0.5, 0.6) is 0 Å². The number of hydrogen-bond donors (Lipinski definition) is 0. The predicted octanol–water partition coefficient (Wildman–Crippen LogP) is 2.49. The molecule has 1 aromatic rings. The van der Waals surface area contributed by atoms with Gasteiger partial charge in [-0.2, -0.15) is 4.31 Å². The van der Waals surface area contributed by atoms with E-state index >= 15 is 0 Å². The van der Waals surface area contributed by atoms with Crippen molar-refractivity contribution in [1.82, 2.24) is 14.1 Å². The molecule has 1 aliphatic carbocycles. The van der Waals surface area contributed by atoms with E-state index in [1.54, 1.807) is 33.2 Å². The molecule has 0 saturated carbocycles. The number of nitrogens with zero attached hydrogens (tertiary/aromatic N) is 3. The summed E-state index contributed by atoms with van der Waals surface area (Å²) in [7, 11) is -3.52. The molecule has 9 heteroatoms. The first kappa shape index (κ1) is 22.8. The average molecular weight is 462 g/mol. The van der Waals surface area contributed by atoms with Gasteiger partial charge in [0.2, 0.25) is 15.9 Å². The molecule has 32 heavy (non-hydrogen) atoms. The highest BCUT2D eigenvalue weighted by atomic mass is 32.2. The fraction of sp³-hybridized carbons (Fsp3) is 0.565. The molecule has 0 bridgehead atoms. The van der Waals surface area contributed by atoms with Gasteiger partial charge in [0, 0.05) is 51.3 Å². The first-order chi connectivity index (χ1) is 15.4. The molecule has 2 saturated heterocycles. The van der Waals surface area contributed by atoms with Crippen molar-refractivity contribution in [2.24, 2.45) is 0 Å². The van der Waals surface area contributed by atoms with Crippen LogP contribution in [-0.4, -0.2) is 80.4 Å². The lowest BCUT2D eigenvalue weighted by Gasteiger charge is -2.34. The molecule has 8 nitrogen and oxygen atoms in total. The molecule has 0 aromatic heterocycles. The highest BCUT2D eigenvalue weighted by molar-refractivity contribution is 7.89. The van der Waals surface area contributed by atoms with E-state index in [0.29, 0.717) is 62.8 Å². The quantitative estimate of drug-likeness (QED) is 0.688. The van der Waals surface area contributed by atoms with Gasteiger partial charge in [0.1, 0.15) is 0 Å². The monoisotopic (exact) mass is 461 g/mol. The van der Waals surface area contributed by atoms with Gasteiger partial charge in [-0.3, -0.25) is 4.79 Å². The maximum Gasteiger partial charge on any atom is 0.409 e. The highest BCUT2D eigenvalue weighted by Crippen LogP contribution is 2.30. The van der Waals surface area contributed by atoms with Crippen molar-refractivity contribution < 1.29 is 22.7 Å². The summed E-state index contributed by atoms with van der Waals surface area (Å²) < 4.78 is 32.9. The molecule has 2 aliphatic heterocycles. The number of sulfonamides is 1. The molecule has 174 valence electrons. The molecule has 0 N–H and O–H groups in total. The lowest BCUT2D eigenvalue weighted by Crippen LogP contribution is -2.51. The number of benzene rings is 1. The van der Waals surface area contributed by atoms with E-state index in [4.69, 9.17) is 4.74 Å². The van der Waals surface area contributed by atoms with Gasteiger partial charge < -0.3 is 14.5 Å². The number of hydrogen-bond acceptors (Lipinski definition) is 5. The Morgan fingerprint density at radius 1 is 0.938 bits per heavy atom. The molecule has 0 radical (unpaired) electrons. The van der Waals surface area contributed by atoms with Crippen molar-refractivity contribution in [1.29, 1.82) is 0 Å². The third-order valence-corrected chi connectivity index (χ3v) is 8.29. The minimum Gasteiger partial charge on any atom is -0.450 e. The molecule has 1 aromatic carbocycles. The maximum atomic E-state index is 13.1. The standard InChI is InChI=1S/C23H31N3O5S/c1-2-31-23(28)25-13-11-24(12-14-25)22(27)20-15-18-7-8-21(17-19(18)16-20)32(29,30)26-9-5-3-4-6-10-26/h7-8,16-17H,2-6,9-15H2,1H3. The molecule has 0 unspecified atom stereocenters. The van der Waals surface area contributed by atoms with Gasteiger partial charge in [0.25, 0.3) is 0 Å². The molecule has 4 rings (SSSR count). The van der Waals surface area contributed by atoms with Crippen molar-refractivity contribution in [2.75, 3.05) is 45.9 Å². The van der Waals surface area contributed by atoms with E-state index in [-0.39, 0.29) is 12.0 Å². The molecule has 2 fully saturated rings. The van der Waals surface area contributed by atoms with Gasteiger partial charge in [0.15, 0.2) is 0 Å². The summed E-state index contributed by atoms with van der Waals surface area (Å²) in [6.07, 6.45) is 5.90. The summed E-state index contributed by atoms with van der Waals surface area (Å²) in [6.45, 7) is 5.05. The average Bonchev–Trinajstić information content (AvgIpc) is 3.02. The Labute approximate surface area is 189 Å². The lowest BCUT2D eigenvalue weighted by atomic mass is 10.1. The van der Waals surface area contributed by atoms with Crippen LogP contribution in [-0.2, 0) is 26.0 Å². The Kier molecular flexibility index (Phi) is 6.85. The number of ether oxygens (including phenoxy) is 1. The van der Waals surface area contributed by atoms with Crippen LogP contribution in [0.2, 0.25) is 0 Å². The molecule has 3 aliphatic rings. The molecular weight excluding hydrogens is 430 g/mol. The molecular formula is C23H31N3O5S. The normalized spacial score (nSPS) is 19.8. The van der Waals surface area contributed by atoms with E-state index in [2.05, 4.69) is 0 Å².